The molecule has 0 amide bonds. The molecule has 6 heterocycles. The average molecular weight is 1480 g/mol. The number of Topliss-reactive ketones (excluding diaryl/α,β-unsaturated/α-hetero) is 2. The van der Waals surface area contributed by atoms with E-state index in [-0.39, 0.29) is 95.7 Å². The van der Waals surface area contributed by atoms with Crippen molar-refractivity contribution in [2.24, 2.45) is 92.7 Å². The molecule has 1 N–H and O–H groups in total. The van der Waals surface area contributed by atoms with Crippen LogP contribution in [0.4, 0.5) is 26.3 Å². The summed E-state index contributed by atoms with van der Waals surface area (Å²) in [7, 11) is 0. The van der Waals surface area contributed by atoms with Crippen LogP contribution in [0.25, 0.3) is 0 Å². The van der Waals surface area contributed by atoms with E-state index in [4.69, 9.17) is 52.1 Å². The van der Waals surface area contributed by atoms with Crippen molar-refractivity contribution >= 4 is 29.5 Å². The molecule has 6 rings (SSSR count). The van der Waals surface area contributed by atoms with Crippen molar-refractivity contribution in [2.45, 2.75) is 362 Å². The number of carbonyl (C=O) groups is 5. The van der Waals surface area contributed by atoms with Crippen LogP contribution < -0.4 is 0 Å². The maximum absolute atomic E-state index is 15.3. The van der Waals surface area contributed by atoms with Crippen LogP contribution in [-0.2, 0) is 76.1 Å². The Labute approximate surface area is 612 Å². The van der Waals surface area contributed by atoms with Gasteiger partial charge in [0.2, 0.25) is 5.60 Å². The van der Waals surface area contributed by atoms with Crippen molar-refractivity contribution in [2.75, 3.05) is 0 Å². The van der Waals surface area contributed by atoms with Gasteiger partial charge in [0, 0.05) is 55.3 Å². The van der Waals surface area contributed by atoms with Gasteiger partial charge in [-0.15, -0.1) is 0 Å². The van der Waals surface area contributed by atoms with Crippen LogP contribution in [0.1, 0.15) is 252 Å². The topological polar surface area (TPSA) is 207 Å². The van der Waals surface area contributed by atoms with Crippen LogP contribution in [0.5, 0.6) is 0 Å². The number of allylic oxidation sites excluding steroid dienone is 2. The summed E-state index contributed by atoms with van der Waals surface area (Å²) in [5.74, 6) is -8.02. The van der Waals surface area contributed by atoms with Gasteiger partial charge < -0.3 is 57.2 Å². The van der Waals surface area contributed by atoms with Crippen molar-refractivity contribution in [1.82, 2.24) is 0 Å². The number of hydrogen-bond acceptors (Lipinski definition) is 17. The van der Waals surface area contributed by atoms with Gasteiger partial charge in [-0.25, -0.2) is 0 Å². The molecule has 6 aliphatic heterocycles. The molecule has 0 aromatic carbocycles. The van der Waals surface area contributed by atoms with Gasteiger partial charge in [0.05, 0.1) is 60.7 Å². The highest BCUT2D eigenvalue weighted by atomic mass is 19.4. The van der Waals surface area contributed by atoms with Gasteiger partial charge in [0.1, 0.15) is 6.10 Å². The fraction of sp³-hybridized carbons (Fsp3) is 0.887. The summed E-state index contributed by atoms with van der Waals surface area (Å²) >= 11 is 0. The van der Waals surface area contributed by atoms with Crippen LogP contribution in [0.15, 0.2) is 23.3 Å². The molecule has 4 saturated heterocycles. The predicted octanol–water partition coefficient (Wildman–Crippen LogP) is 17.4. The maximum Gasteiger partial charge on any atom is 0.435 e. The number of halogens is 6. The number of ketones is 2. The van der Waals surface area contributed by atoms with E-state index in [0.29, 0.717) is 36.8 Å². The van der Waals surface area contributed by atoms with Gasteiger partial charge in [-0.1, -0.05) is 138 Å². The molecule has 0 aliphatic carbocycles. The molecule has 17 nitrogen and oxygen atoms in total. The summed E-state index contributed by atoms with van der Waals surface area (Å²) in [6, 6.07) is 0. The molecule has 6 aliphatic rings. The minimum Gasteiger partial charge on any atom is -0.458 e. The second-order valence-electron chi connectivity index (χ2n) is 35.3. The Morgan fingerprint density at radius 2 is 0.845 bits per heavy atom. The third-order valence-corrected chi connectivity index (χ3v) is 24.9. The molecule has 0 saturated carbocycles. The van der Waals surface area contributed by atoms with Crippen LogP contribution >= 0.6 is 0 Å². The Bertz CT molecular complexity index is 2930. The van der Waals surface area contributed by atoms with E-state index in [1.165, 1.54) is 27.7 Å². The molecule has 0 spiro atoms. The van der Waals surface area contributed by atoms with Crippen molar-refractivity contribution in [3.8, 4) is 0 Å². The predicted molar refractivity (Wildman–Crippen MR) is 379 cm³/mol. The highest BCUT2D eigenvalue weighted by Gasteiger charge is 2.64. The third-order valence-electron chi connectivity index (χ3n) is 24.9. The van der Waals surface area contributed by atoms with E-state index in [0.717, 1.165) is 19.8 Å². The quantitative estimate of drug-likeness (QED) is 0.116. The summed E-state index contributed by atoms with van der Waals surface area (Å²) in [6.45, 7) is 53.6. The van der Waals surface area contributed by atoms with Gasteiger partial charge in [0.25, 0.3) is 5.60 Å². The third kappa shape index (κ3) is 20.9. The largest absolute Gasteiger partial charge is 0.458 e. The molecule has 0 aromatic rings. The number of carbonyl (C=O) groups excluding carboxylic acids is 5. The fourth-order valence-corrected chi connectivity index (χ4v) is 17.4. The average Bonchev–Trinajstić information content (AvgIpc) is 0.764. The van der Waals surface area contributed by atoms with Crippen molar-refractivity contribution < 1.29 is 108 Å². The Morgan fingerprint density at radius 3 is 1.17 bits per heavy atom. The standard InChI is InChI=1S/C41H67F3O9.C39H65F3O8/c1-16-31-40(41(42,43)44,53-30(11)45)19-23(4)33(46)22(3)18-39(14,15)35(52-37-25(6)21(2)17-24(5)48-37)26(7)34(27(8)36(47)50-31)51-32-20-38(12,13)28(9)29(10)49-32;1-15-29-38(45,39(40,41)42)18-22(4)31(43)21(3)17-37(13,14)33(50-35-24(6)20(2)16-23(5)46-35)25(7)32(26(8)34(44)48-29)49-30-19-36(11,12)27(9)28(10)47-30/h19,21-22,24-29,31-32,34-35,37H,16-18,20H2,1-15H3;18,20-21,23-30,32-33,35,45H,15-17,19H2,1-14H3/b23-19+;22-18+/t21-,22+,24+,25+,26-,27+,28-,29-,31+,32?,34-,35+,37?,40-;20-,21+,23+,24+,25-,26+,27-,28-,29+,30?,32-,33+,35?,38-/m00/s1. The van der Waals surface area contributed by atoms with Crippen LogP contribution in [0.2, 0.25) is 0 Å². The van der Waals surface area contributed by atoms with Crippen LogP contribution in [0, 0.1) is 92.7 Å². The molecule has 28 atom stereocenters. The number of ether oxygens (including phenoxy) is 11. The monoisotopic (exact) mass is 1480 g/mol. The molecule has 0 bridgehead atoms. The second kappa shape index (κ2) is 34.6. The zero-order valence-corrected chi connectivity index (χ0v) is 67.6. The van der Waals surface area contributed by atoms with Gasteiger partial charge >= 0.3 is 30.3 Å². The van der Waals surface area contributed by atoms with E-state index in [2.05, 4.69) is 69.2 Å². The van der Waals surface area contributed by atoms with Crippen molar-refractivity contribution in [3.05, 3.63) is 23.3 Å². The Kier molecular flexibility index (Phi) is 30.2. The van der Waals surface area contributed by atoms with Crippen molar-refractivity contribution in [3.63, 3.8) is 0 Å². The number of alkyl halides is 6. The highest BCUT2D eigenvalue weighted by Crippen LogP contribution is 2.51. The first kappa shape index (κ1) is 90.1. The molecular formula is C80H132F6O17. The molecule has 596 valence electrons. The summed E-state index contributed by atoms with van der Waals surface area (Å²) < 4.78 is 159. The molecule has 4 unspecified atom stereocenters. The highest BCUT2D eigenvalue weighted by molar-refractivity contribution is 5.97. The van der Waals surface area contributed by atoms with E-state index in [1.54, 1.807) is 27.7 Å². The zero-order valence-electron chi connectivity index (χ0n) is 67.6. The molecule has 0 radical (unpaired) electrons. The van der Waals surface area contributed by atoms with E-state index >= 15 is 13.2 Å². The lowest BCUT2D eigenvalue weighted by Gasteiger charge is -2.49. The number of aliphatic hydroxyl groups is 1. The summed E-state index contributed by atoms with van der Waals surface area (Å²) in [6.07, 6.45) is -17.1. The number of cyclic esters (lactones) is 2. The molecule has 103 heavy (non-hydrogen) atoms. The SMILES string of the molecule is CC[C@H]1OC(=O)[C@H](C)[C@@H](OC2CC(C)(C)[C@@H](C)[C@H](C)O2)[C@H](C)[C@@H](OC2O[C@H](C)C[C@H](C)[C@H]2C)C(C)(C)C[C@@H](C)C(=O)/C(C)=C/[C@@]1(O)C(F)(F)F.CC[C@H]1OC(=O)[C@H](C)[C@@H](OC2CC(C)(C)[C@@H](C)[C@H](C)O2)[C@H](C)[C@@H](OC2O[C@H](C)C[C@H](C)[C@H]2C)C(C)(C)C[C@@H](C)C(=O)/C(C)=C/[C@@]1(OC(C)=O)C(F)(F)F. The molecule has 23 heteroatoms. The molecular weight excluding hydrogens is 1350 g/mol. The first-order chi connectivity index (χ1) is 46.9. The van der Waals surface area contributed by atoms with Crippen LogP contribution in [0.3, 0.4) is 0 Å². The molecule has 0 aromatic heterocycles. The Morgan fingerprint density at radius 1 is 0.495 bits per heavy atom. The minimum atomic E-state index is -5.24. The summed E-state index contributed by atoms with van der Waals surface area (Å²) in [5.41, 5.74) is -9.44. The van der Waals surface area contributed by atoms with E-state index in [1.807, 2.05) is 69.2 Å². The lowest BCUT2D eigenvalue weighted by Crippen LogP contribution is -2.58. The maximum atomic E-state index is 15.3. The van der Waals surface area contributed by atoms with E-state index in [9.17, 15) is 42.3 Å². The summed E-state index contributed by atoms with van der Waals surface area (Å²) in [5, 5.41) is 11.2. The van der Waals surface area contributed by atoms with Gasteiger partial charge in [-0.3, -0.25) is 24.0 Å². The lowest BCUT2D eigenvalue weighted by molar-refractivity contribution is -0.296. The van der Waals surface area contributed by atoms with Gasteiger partial charge in [-0.05, 0) is 163 Å². The normalized spacial score (nSPS) is 43.8. The minimum absolute atomic E-state index is 0.0279. The van der Waals surface area contributed by atoms with E-state index < -0.39 is 161 Å². The first-order valence-corrected chi connectivity index (χ1v) is 38.1. The molecule has 4 fully saturated rings. The fourth-order valence-electron chi connectivity index (χ4n) is 17.4. The number of rotatable bonds is 11. The zero-order chi connectivity index (χ0) is 78.9. The number of hydrogen-bond donors (Lipinski definition) is 1. The van der Waals surface area contributed by atoms with Crippen molar-refractivity contribution in [1.29, 1.82) is 0 Å². The van der Waals surface area contributed by atoms with Gasteiger partial charge in [0.15, 0.2) is 42.8 Å². The first-order valence-electron chi connectivity index (χ1n) is 38.1. The summed E-state index contributed by atoms with van der Waals surface area (Å²) in [4.78, 5) is 68.4. The smallest absolute Gasteiger partial charge is 0.435 e. The Balaban J connectivity index is 0.000000371. The van der Waals surface area contributed by atoms with Crippen LogP contribution in [-0.4, -0.2) is 144 Å². The van der Waals surface area contributed by atoms with Gasteiger partial charge in [-0.2, -0.15) is 26.3 Å². The number of esters is 3. The lowest BCUT2D eigenvalue weighted by atomic mass is 9.70. The Hall–Kier alpha value is -3.55. The second-order valence-corrected chi connectivity index (χ2v) is 35.3.